The number of carbonyl (C=O) groups excluding carboxylic acids is 1. The molecule has 1 heterocycles. The highest BCUT2D eigenvalue weighted by molar-refractivity contribution is 7.89. The van der Waals surface area contributed by atoms with E-state index in [2.05, 4.69) is 14.9 Å². The molecule has 1 aromatic heterocycles. The van der Waals surface area contributed by atoms with Crippen molar-refractivity contribution < 1.29 is 17.9 Å². The van der Waals surface area contributed by atoms with Gasteiger partial charge in [0.25, 0.3) is 10.0 Å². The van der Waals surface area contributed by atoms with Crippen LogP contribution in [0.1, 0.15) is 6.42 Å². The van der Waals surface area contributed by atoms with Gasteiger partial charge in [-0.3, -0.25) is 9.89 Å². The maximum atomic E-state index is 11.8. The Kier molecular flexibility index (Phi) is 4.02. The first-order valence-corrected chi connectivity index (χ1v) is 5.95. The Bertz CT molecular complexity index is 440. The Morgan fingerprint density at radius 3 is 2.81 bits per heavy atom. The number of hydrogen-bond acceptors (Lipinski definition) is 5. The van der Waals surface area contributed by atoms with Crippen LogP contribution < -0.4 is 0 Å². The number of nitrogens with zero attached hydrogens (tertiary/aromatic N) is 2. The van der Waals surface area contributed by atoms with Crippen LogP contribution >= 0.6 is 0 Å². The van der Waals surface area contributed by atoms with Gasteiger partial charge in [0.1, 0.15) is 0 Å². The Morgan fingerprint density at radius 2 is 2.31 bits per heavy atom. The van der Waals surface area contributed by atoms with Crippen molar-refractivity contribution in [3.05, 3.63) is 12.3 Å². The van der Waals surface area contributed by atoms with Crippen LogP contribution in [-0.4, -0.2) is 49.6 Å². The Labute approximate surface area is 93.4 Å². The number of esters is 1. The lowest BCUT2D eigenvalue weighted by Gasteiger charge is -2.14. The van der Waals surface area contributed by atoms with Crippen molar-refractivity contribution >= 4 is 16.0 Å². The normalized spacial score (nSPS) is 11.7. The minimum absolute atomic E-state index is 0.000124. The molecule has 16 heavy (non-hydrogen) atoms. The summed E-state index contributed by atoms with van der Waals surface area (Å²) in [6.07, 6.45) is 1.36. The van der Waals surface area contributed by atoms with Gasteiger partial charge in [-0.05, 0) is 6.07 Å². The highest BCUT2D eigenvalue weighted by Gasteiger charge is 2.22. The van der Waals surface area contributed by atoms with Crippen molar-refractivity contribution in [2.24, 2.45) is 0 Å². The monoisotopic (exact) mass is 247 g/mol. The van der Waals surface area contributed by atoms with Crippen molar-refractivity contribution in [2.45, 2.75) is 11.4 Å². The van der Waals surface area contributed by atoms with Gasteiger partial charge in [-0.2, -0.15) is 9.40 Å². The number of hydrogen-bond donors (Lipinski definition) is 1. The molecular formula is C8H13N3O4S. The topological polar surface area (TPSA) is 92.4 Å². The van der Waals surface area contributed by atoms with Crippen molar-refractivity contribution in [1.82, 2.24) is 14.5 Å². The van der Waals surface area contributed by atoms with E-state index in [-0.39, 0.29) is 18.0 Å². The highest BCUT2D eigenvalue weighted by atomic mass is 32.2. The summed E-state index contributed by atoms with van der Waals surface area (Å²) in [5.41, 5.74) is 0. The van der Waals surface area contributed by atoms with Crippen molar-refractivity contribution in [2.75, 3.05) is 20.7 Å². The molecule has 0 saturated carbocycles. The van der Waals surface area contributed by atoms with E-state index in [0.29, 0.717) is 0 Å². The van der Waals surface area contributed by atoms with Crippen LogP contribution in [0.3, 0.4) is 0 Å². The second-order valence-electron chi connectivity index (χ2n) is 3.07. The fourth-order valence-electron chi connectivity index (χ4n) is 1.03. The maximum Gasteiger partial charge on any atom is 0.306 e. The minimum atomic E-state index is -3.59. The van der Waals surface area contributed by atoms with E-state index in [4.69, 9.17) is 0 Å². The number of nitrogens with one attached hydrogen (secondary N) is 1. The number of aromatic nitrogens is 2. The standard InChI is InChI=1S/C8H13N3O4S/c1-11(6-4-8(12)15-2)16(13,14)7-3-5-9-10-7/h3,5H,4,6H2,1-2H3,(H,9,10). The Morgan fingerprint density at radius 1 is 1.62 bits per heavy atom. The van der Waals surface area contributed by atoms with E-state index in [1.165, 1.54) is 26.4 Å². The first-order chi connectivity index (χ1) is 7.48. The van der Waals surface area contributed by atoms with Crippen LogP contribution in [0.2, 0.25) is 0 Å². The van der Waals surface area contributed by atoms with Crippen LogP contribution in [0.25, 0.3) is 0 Å². The second kappa shape index (κ2) is 5.08. The molecule has 0 aliphatic rings. The van der Waals surface area contributed by atoms with Crippen molar-refractivity contribution in [3.8, 4) is 0 Å². The molecule has 0 amide bonds. The molecule has 90 valence electrons. The van der Waals surface area contributed by atoms with Gasteiger partial charge in [-0.15, -0.1) is 0 Å². The van der Waals surface area contributed by atoms with Gasteiger partial charge in [0.05, 0.1) is 19.7 Å². The molecule has 8 heteroatoms. The number of H-pyrrole nitrogens is 1. The number of sulfonamides is 1. The minimum Gasteiger partial charge on any atom is -0.469 e. The first-order valence-electron chi connectivity index (χ1n) is 4.51. The molecule has 7 nitrogen and oxygen atoms in total. The smallest absolute Gasteiger partial charge is 0.306 e. The zero-order valence-corrected chi connectivity index (χ0v) is 9.82. The third-order valence-corrected chi connectivity index (χ3v) is 3.81. The summed E-state index contributed by atoms with van der Waals surface area (Å²) < 4.78 is 29.1. The number of aromatic amines is 1. The van der Waals surface area contributed by atoms with Gasteiger partial charge >= 0.3 is 5.97 Å². The van der Waals surface area contributed by atoms with Crippen LogP contribution in [0, 0.1) is 0 Å². The van der Waals surface area contributed by atoms with Gasteiger partial charge in [-0.1, -0.05) is 0 Å². The number of carbonyl (C=O) groups is 1. The number of ether oxygens (including phenoxy) is 1. The van der Waals surface area contributed by atoms with Crippen LogP contribution in [0.4, 0.5) is 0 Å². The van der Waals surface area contributed by atoms with Gasteiger partial charge in [-0.25, -0.2) is 8.42 Å². The lowest BCUT2D eigenvalue weighted by molar-refractivity contribution is -0.140. The van der Waals surface area contributed by atoms with Gasteiger partial charge < -0.3 is 4.74 Å². The SMILES string of the molecule is COC(=O)CCN(C)S(=O)(=O)c1ccn[nH]1. The molecule has 0 fully saturated rings. The maximum absolute atomic E-state index is 11.8. The fraction of sp³-hybridized carbons (Fsp3) is 0.500. The first kappa shape index (κ1) is 12.7. The fourth-order valence-corrected chi connectivity index (χ4v) is 2.09. The van der Waals surface area contributed by atoms with E-state index < -0.39 is 16.0 Å². The number of methoxy groups -OCH3 is 1. The molecule has 0 saturated heterocycles. The highest BCUT2D eigenvalue weighted by Crippen LogP contribution is 2.10. The van der Waals surface area contributed by atoms with E-state index >= 15 is 0 Å². The summed E-state index contributed by atoms with van der Waals surface area (Å²) in [7, 11) is -0.948. The lowest BCUT2D eigenvalue weighted by atomic mass is 10.4. The Balaban J connectivity index is 2.67. The predicted molar refractivity (Wildman–Crippen MR) is 55.0 cm³/mol. The van der Waals surface area contributed by atoms with E-state index in [1.807, 2.05) is 0 Å². The van der Waals surface area contributed by atoms with Crippen LogP contribution in [0.15, 0.2) is 17.3 Å². The van der Waals surface area contributed by atoms with Gasteiger partial charge in [0.2, 0.25) is 0 Å². The van der Waals surface area contributed by atoms with Crippen molar-refractivity contribution in [3.63, 3.8) is 0 Å². The third-order valence-electron chi connectivity index (χ3n) is 2.02. The zero-order valence-electron chi connectivity index (χ0n) is 9.00. The second-order valence-corrected chi connectivity index (χ2v) is 5.09. The molecule has 0 spiro atoms. The van der Waals surface area contributed by atoms with E-state index in [0.717, 1.165) is 4.31 Å². The van der Waals surface area contributed by atoms with Crippen LogP contribution in [-0.2, 0) is 19.6 Å². The molecule has 1 aromatic rings. The summed E-state index contributed by atoms with van der Waals surface area (Å²) in [6.45, 7) is 0.0635. The predicted octanol–water partition coefficient (Wildman–Crippen LogP) is -0.407. The quantitative estimate of drug-likeness (QED) is 0.714. The molecule has 0 unspecified atom stereocenters. The lowest BCUT2D eigenvalue weighted by Crippen LogP contribution is -2.29. The molecule has 0 atom stereocenters. The molecule has 0 aliphatic carbocycles. The third kappa shape index (κ3) is 2.80. The summed E-state index contributed by atoms with van der Waals surface area (Å²) in [4.78, 5) is 10.9. The zero-order chi connectivity index (χ0) is 12.2. The summed E-state index contributed by atoms with van der Waals surface area (Å²) in [5.74, 6) is -0.452. The summed E-state index contributed by atoms with van der Waals surface area (Å²) in [5, 5.41) is 5.92. The molecule has 0 bridgehead atoms. The van der Waals surface area contributed by atoms with E-state index in [1.54, 1.807) is 0 Å². The molecule has 0 aromatic carbocycles. The average Bonchev–Trinajstić information content (AvgIpc) is 2.78. The Hall–Kier alpha value is -1.41. The molecule has 1 rings (SSSR count). The number of rotatable bonds is 5. The summed E-state index contributed by atoms with van der Waals surface area (Å²) >= 11 is 0. The summed E-state index contributed by atoms with van der Waals surface area (Å²) in [6, 6.07) is 1.35. The largest absolute Gasteiger partial charge is 0.469 e. The van der Waals surface area contributed by atoms with Crippen molar-refractivity contribution in [1.29, 1.82) is 0 Å². The molecular weight excluding hydrogens is 234 g/mol. The van der Waals surface area contributed by atoms with E-state index in [9.17, 15) is 13.2 Å². The molecule has 1 N–H and O–H groups in total. The molecule has 0 aliphatic heterocycles. The average molecular weight is 247 g/mol. The van der Waals surface area contributed by atoms with Gasteiger partial charge in [0.15, 0.2) is 5.03 Å². The van der Waals surface area contributed by atoms with Crippen LogP contribution in [0.5, 0.6) is 0 Å². The molecule has 0 radical (unpaired) electrons. The van der Waals surface area contributed by atoms with Gasteiger partial charge in [0, 0.05) is 13.6 Å².